The van der Waals surface area contributed by atoms with Crippen LogP contribution in [0.4, 0.5) is 0 Å². The molecular weight excluding hydrogens is 302 g/mol. The minimum Gasteiger partial charge on any atom is -0.496 e. The Morgan fingerprint density at radius 2 is 2.15 bits per heavy atom. The van der Waals surface area contributed by atoms with Crippen molar-refractivity contribution in [2.75, 3.05) is 7.11 Å². The van der Waals surface area contributed by atoms with Gasteiger partial charge in [-0.25, -0.2) is 0 Å². The van der Waals surface area contributed by atoms with Crippen molar-refractivity contribution in [3.63, 3.8) is 0 Å². The number of Topliss-reactive ketones (excluding diaryl/α,β-unsaturated/α-hetero) is 1. The molecule has 0 aromatic heterocycles. The summed E-state index contributed by atoms with van der Waals surface area (Å²) < 4.78 is 5.94. The normalized spacial score (nSPS) is 9.85. The van der Waals surface area contributed by atoms with E-state index >= 15 is 0 Å². The summed E-state index contributed by atoms with van der Waals surface area (Å²) in [6, 6.07) is 3.38. The molecule has 0 fully saturated rings. The maximum absolute atomic E-state index is 11.1. The molecule has 0 bridgehead atoms. The van der Waals surface area contributed by atoms with E-state index in [0.29, 0.717) is 16.3 Å². The van der Waals surface area contributed by atoms with Crippen molar-refractivity contribution in [3.05, 3.63) is 26.3 Å². The SMILES string of the molecule is COc1cc(Cl)c(C(C)=O)cc1I. The average molecular weight is 311 g/mol. The van der Waals surface area contributed by atoms with Gasteiger partial charge >= 0.3 is 0 Å². The van der Waals surface area contributed by atoms with Gasteiger partial charge in [-0.2, -0.15) is 0 Å². The van der Waals surface area contributed by atoms with Gasteiger partial charge in [-0.1, -0.05) is 11.6 Å². The second-order valence-corrected chi connectivity index (χ2v) is 4.09. The van der Waals surface area contributed by atoms with E-state index in [2.05, 4.69) is 22.6 Å². The van der Waals surface area contributed by atoms with Crippen molar-refractivity contribution in [1.29, 1.82) is 0 Å². The maximum Gasteiger partial charge on any atom is 0.161 e. The van der Waals surface area contributed by atoms with E-state index in [4.69, 9.17) is 16.3 Å². The Morgan fingerprint density at radius 3 is 2.62 bits per heavy atom. The van der Waals surface area contributed by atoms with E-state index in [-0.39, 0.29) is 5.78 Å². The smallest absolute Gasteiger partial charge is 0.161 e. The lowest BCUT2D eigenvalue weighted by Crippen LogP contribution is -1.96. The molecule has 4 heteroatoms. The van der Waals surface area contributed by atoms with Gasteiger partial charge in [0.2, 0.25) is 0 Å². The minimum absolute atomic E-state index is 0.0365. The first-order valence-corrected chi connectivity index (χ1v) is 5.06. The number of carbonyl (C=O) groups is 1. The van der Waals surface area contributed by atoms with Crippen LogP contribution in [0.1, 0.15) is 17.3 Å². The zero-order valence-corrected chi connectivity index (χ0v) is 10.1. The van der Waals surface area contributed by atoms with E-state index in [1.54, 1.807) is 19.2 Å². The molecule has 1 aromatic rings. The van der Waals surface area contributed by atoms with Gasteiger partial charge in [0.1, 0.15) is 5.75 Å². The van der Waals surface area contributed by atoms with Gasteiger partial charge in [0.05, 0.1) is 15.7 Å². The van der Waals surface area contributed by atoms with Gasteiger partial charge in [-0.3, -0.25) is 4.79 Å². The van der Waals surface area contributed by atoms with Crippen LogP contribution >= 0.6 is 34.2 Å². The molecule has 13 heavy (non-hydrogen) atoms. The van der Waals surface area contributed by atoms with Crippen LogP contribution in [0.2, 0.25) is 5.02 Å². The van der Waals surface area contributed by atoms with Gasteiger partial charge in [0.15, 0.2) is 5.78 Å². The third kappa shape index (κ3) is 2.34. The molecule has 0 spiro atoms. The zero-order valence-electron chi connectivity index (χ0n) is 7.23. The molecule has 0 radical (unpaired) electrons. The second kappa shape index (κ2) is 4.28. The summed E-state index contributed by atoms with van der Waals surface area (Å²) in [5.41, 5.74) is 0.534. The predicted molar refractivity (Wildman–Crippen MR) is 60.7 cm³/mol. The molecule has 0 aliphatic heterocycles. The van der Waals surface area contributed by atoms with Crippen LogP contribution in [0.15, 0.2) is 12.1 Å². The van der Waals surface area contributed by atoms with Crippen LogP contribution in [-0.2, 0) is 0 Å². The largest absolute Gasteiger partial charge is 0.496 e. The number of halogens is 2. The number of carbonyl (C=O) groups excluding carboxylic acids is 1. The Labute approximate surface area is 95.4 Å². The number of ether oxygens (including phenoxy) is 1. The van der Waals surface area contributed by atoms with Crippen LogP contribution in [-0.4, -0.2) is 12.9 Å². The molecule has 0 saturated heterocycles. The van der Waals surface area contributed by atoms with E-state index in [0.717, 1.165) is 3.57 Å². The summed E-state index contributed by atoms with van der Waals surface area (Å²) in [7, 11) is 1.57. The Morgan fingerprint density at radius 1 is 1.54 bits per heavy atom. The monoisotopic (exact) mass is 310 g/mol. The Hall–Kier alpha value is -0.290. The fourth-order valence-electron chi connectivity index (χ4n) is 0.955. The Kier molecular flexibility index (Phi) is 3.55. The van der Waals surface area contributed by atoms with Crippen molar-refractivity contribution in [3.8, 4) is 5.75 Å². The third-order valence-electron chi connectivity index (χ3n) is 1.62. The number of hydrogen-bond donors (Lipinski definition) is 0. The van der Waals surface area contributed by atoms with Gasteiger partial charge in [0.25, 0.3) is 0 Å². The van der Waals surface area contributed by atoms with Gasteiger partial charge in [-0.15, -0.1) is 0 Å². The lowest BCUT2D eigenvalue weighted by molar-refractivity contribution is 0.101. The van der Waals surface area contributed by atoms with Crippen LogP contribution in [0, 0.1) is 3.57 Å². The molecule has 2 nitrogen and oxygen atoms in total. The average Bonchev–Trinajstić information content (AvgIpc) is 2.07. The molecule has 0 heterocycles. The van der Waals surface area contributed by atoms with E-state index in [1.807, 2.05) is 0 Å². The second-order valence-electron chi connectivity index (χ2n) is 2.52. The molecule has 0 saturated carbocycles. The molecule has 70 valence electrons. The van der Waals surface area contributed by atoms with Crippen molar-refractivity contribution in [1.82, 2.24) is 0 Å². The Bertz CT molecular complexity index is 350. The fraction of sp³-hybridized carbons (Fsp3) is 0.222. The molecular formula is C9H8ClIO2. The molecule has 0 unspecified atom stereocenters. The summed E-state index contributed by atoms with van der Waals surface area (Å²) in [4.78, 5) is 11.1. The van der Waals surface area contributed by atoms with Crippen molar-refractivity contribution in [2.45, 2.75) is 6.92 Å². The van der Waals surface area contributed by atoms with E-state index < -0.39 is 0 Å². The maximum atomic E-state index is 11.1. The highest BCUT2D eigenvalue weighted by Gasteiger charge is 2.10. The van der Waals surface area contributed by atoms with Crippen LogP contribution in [0.25, 0.3) is 0 Å². The molecule has 0 amide bonds. The van der Waals surface area contributed by atoms with Gasteiger partial charge in [0, 0.05) is 11.6 Å². The summed E-state index contributed by atoms with van der Waals surface area (Å²) in [5.74, 6) is 0.654. The van der Waals surface area contributed by atoms with Crippen LogP contribution < -0.4 is 4.74 Å². The summed E-state index contributed by atoms with van der Waals surface area (Å²) in [5, 5.41) is 0.435. The molecule has 0 aliphatic rings. The standard InChI is InChI=1S/C9H8ClIO2/c1-5(12)6-3-8(11)9(13-2)4-7(6)10/h3-4H,1-2H3. The summed E-state index contributed by atoms with van der Waals surface area (Å²) in [6.07, 6.45) is 0. The highest BCUT2D eigenvalue weighted by Crippen LogP contribution is 2.28. The first-order valence-electron chi connectivity index (χ1n) is 3.60. The fourth-order valence-corrected chi connectivity index (χ4v) is 1.93. The lowest BCUT2D eigenvalue weighted by atomic mass is 10.1. The topological polar surface area (TPSA) is 26.3 Å². The highest BCUT2D eigenvalue weighted by atomic mass is 127. The zero-order chi connectivity index (χ0) is 10.0. The first-order chi connectivity index (χ1) is 6.06. The van der Waals surface area contributed by atoms with Crippen molar-refractivity contribution >= 4 is 40.0 Å². The Balaban J connectivity index is 3.28. The van der Waals surface area contributed by atoms with E-state index in [1.165, 1.54) is 6.92 Å². The quantitative estimate of drug-likeness (QED) is 0.619. The van der Waals surface area contributed by atoms with Gasteiger partial charge < -0.3 is 4.74 Å². The summed E-state index contributed by atoms with van der Waals surface area (Å²) >= 11 is 7.97. The number of ketones is 1. The number of rotatable bonds is 2. The highest BCUT2D eigenvalue weighted by molar-refractivity contribution is 14.1. The molecule has 0 atom stereocenters. The first kappa shape index (κ1) is 10.8. The van der Waals surface area contributed by atoms with Gasteiger partial charge in [-0.05, 0) is 35.6 Å². The minimum atomic E-state index is -0.0365. The lowest BCUT2D eigenvalue weighted by Gasteiger charge is -2.06. The number of benzene rings is 1. The van der Waals surface area contributed by atoms with Crippen molar-refractivity contribution in [2.24, 2.45) is 0 Å². The van der Waals surface area contributed by atoms with Crippen LogP contribution in [0.3, 0.4) is 0 Å². The number of methoxy groups -OCH3 is 1. The van der Waals surface area contributed by atoms with Crippen LogP contribution in [0.5, 0.6) is 5.75 Å². The molecule has 1 aromatic carbocycles. The van der Waals surface area contributed by atoms with Crippen molar-refractivity contribution < 1.29 is 9.53 Å². The molecule has 0 aliphatic carbocycles. The summed E-state index contributed by atoms with van der Waals surface area (Å²) in [6.45, 7) is 1.49. The number of hydrogen-bond acceptors (Lipinski definition) is 2. The molecule has 0 N–H and O–H groups in total. The molecule has 1 rings (SSSR count). The van der Waals surface area contributed by atoms with E-state index in [9.17, 15) is 4.79 Å². The predicted octanol–water partition coefficient (Wildman–Crippen LogP) is 3.16. The third-order valence-corrected chi connectivity index (χ3v) is 2.78.